The zero-order valence-corrected chi connectivity index (χ0v) is 10.6. The van der Waals surface area contributed by atoms with Gasteiger partial charge < -0.3 is 9.26 Å². The number of halogens is 1. The van der Waals surface area contributed by atoms with Crippen LogP contribution in [0.2, 0.25) is 0 Å². The van der Waals surface area contributed by atoms with Gasteiger partial charge in [0.25, 0.3) is 5.89 Å². The normalized spacial score (nSPS) is 10.2. The van der Waals surface area contributed by atoms with E-state index in [1.165, 1.54) is 0 Å². The predicted octanol–water partition coefficient (Wildman–Crippen LogP) is 2.50. The van der Waals surface area contributed by atoms with Gasteiger partial charge in [-0.15, -0.1) is 0 Å². The van der Waals surface area contributed by atoms with Crippen LogP contribution in [-0.4, -0.2) is 16.1 Å². The Morgan fingerprint density at radius 2 is 2.24 bits per heavy atom. The Morgan fingerprint density at radius 3 is 2.88 bits per heavy atom. The fraction of sp³-hybridized carbons (Fsp3) is 0.182. The molecule has 0 aliphatic carbocycles. The smallest absolute Gasteiger partial charge is 0.339 e. The first-order valence-corrected chi connectivity index (χ1v) is 5.67. The number of benzene rings is 1. The molecule has 0 unspecified atom stereocenters. The van der Waals surface area contributed by atoms with Gasteiger partial charge in [0.15, 0.2) is 12.4 Å². The Morgan fingerprint density at radius 1 is 1.47 bits per heavy atom. The summed E-state index contributed by atoms with van der Waals surface area (Å²) in [5.74, 6) is 0.355. The van der Waals surface area contributed by atoms with E-state index in [0.29, 0.717) is 15.9 Å². The second kappa shape index (κ2) is 5.09. The van der Waals surface area contributed by atoms with Gasteiger partial charge in [-0.3, -0.25) is 0 Å². The molecule has 0 radical (unpaired) electrons. The molecule has 1 aromatic carbocycles. The summed E-state index contributed by atoms with van der Waals surface area (Å²) < 4.78 is 10.6. The predicted molar refractivity (Wildman–Crippen MR) is 62.3 cm³/mol. The summed E-state index contributed by atoms with van der Waals surface area (Å²) in [6.45, 7) is 1.67. The monoisotopic (exact) mass is 296 g/mol. The Bertz CT molecular complexity index is 539. The van der Waals surface area contributed by atoms with E-state index in [-0.39, 0.29) is 12.5 Å². The van der Waals surface area contributed by atoms with E-state index in [4.69, 9.17) is 9.26 Å². The molecule has 0 N–H and O–H groups in total. The highest BCUT2D eigenvalue weighted by Crippen LogP contribution is 2.17. The molecule has 2 aromatic rings. The topological polar surface area (TPSA) is 65.2 Å². The van der Waals surface area contributed by atoms with Gasteiger partial charge in [-0.05, 0) is 35.0 Å². The number of aromatic nitrogens is 2. The van der Waals surface area contributed by atoms with Crippen LogP contribution < -0.4 is 0 Å². The number of esters is 1. The number of hydrogen-bond acceptors (Lipinski definition) is 5. The van der Waals surface area contributed by atoms with Crippen molar-refractivity contribution in [3.05, 3.63) is 46.0 Å². The van der Waals surface area contributed by atoms with Crippen LogP contribution in [0.15, 0.2) is 33.3 Å². The molecule has 0 fully saturated rings. The van der Waals surface area contributed by atoms with Crippen LogP contribution in [0.1, 0.15) is 22.1 Å². The molecule has 5 nitrogen and oxygen atoms in total. The molecule has 0 spiro atoms. The summed E-state index contributed by atoms with van der Waals surface area (Å²) in [7, 11) is 0. The molecule has 0 bridgehead atoms. The van der Waals surface area contributed by atoms with Crippen LogP contribution in [-0.2, 0) is 11.3 Å². The third kappa shape index (κ3) is 2.91. The van der Waals surface area contributed by atoms with Crippen LogP contribution in [0, 0.1) is 6.92 Å². The number of carbonyl (C=O) groups excluding carboxylic acids is 1. The van der Waals surface area contributed by atoms with Crippen molar-refractivity contribution in [1.82, 2.24) is 10.1 Å². The number of nitrogens with zero attached hydrogens (tertiary/aromatic N) is 2. The van der Waals surface area contributed by atoms with E-state index in [1.807, 2.05) is 6.07 Å². The molecule has 0 aliphatic heterocycles. The highest BCUT2D eigenvalue weighted by atomic mass is 79.9. The Labute approximate surface area is 106 Å². The third-order valence-electron chi connectivity index (χ3n) is 1.99. The molecule has 1 aromatic heterocycles. The first-order chi connectivity index (χ1) is 8.16. The van der Waals surface area contributed by atoms with Gasteiger partial charge in [0.05, 0.1) is 5.56 Å². The zero-order chi connectivity index (χ0) is 12.3. The summed E-state index contributed by atoms with van der Waals surface area (Å²) in [6.07, 6.45) is 0. The van der Waals surface area contributed by atoms with E-state index in [1.54, 1.807) is 25.1 Å². The zero-order valence-electron chi connectivity index (χ0n) is 9.01. The lowest BCUT2D eigenvalue weighted by atomic mass is 10.2. The van der Waals surface area contributed by atoms with Crippen molar-refractivity contribution in [3.63, 3.8) is 0 Å². The first-order valence-electron chi connectivity index (χ1n) is 4.87. The summed E-state index contributed by atoms with van der Waals surface area (Å²) in [4.78, 5) is 15.6. The van der Waals surface area contributed by atoms with E-state index >= 15 is 0 Å². The lowest BCUT2D eigenvalue weighted by Gasteiger charge is -2.03. The summed E-state index contributed by atoms with van der Waals surface area (Å²) in [5.41, 5.74) is 0.462. The van der Waals surface area contributed by atoms with E-state index < -0.39 is 5.97 Å². The maximum atomic E-state index is 11.7. The number of rotatable bonds is 3. The minimum atomic E-state index is -0.437. The average molecular weight is 297 g/mol. The van der Waals surface area contributed by atoms with Crippen LogP contribution >= 0.6 is 15.9 Å². The van der Waals surface area contributed by atoms with E-state index in [0.717, 1.165) is 0 Å². The number of aryl methyl sites for hydroxylation is 1. The number of ether oxygens (including phenoxy) is 1. The van der Waals surface area contributed by atoms with Crippen molar-refractivity contribution in [2.24, 2.45) is 0 Å². The lowest BCUT2D eigenvalue weighted by Crippen LogP contribution is -2.06. The Kier molecular flexibility index (Phi) is 3.53. The van der Waals surface area contributed by atoms with Gasteiger partial charge in [0, 0.05) is 4.47 Å². The molecule has 0 amide bonds. The van der Waals surface area contributed by atoms with Crippen molar-refractivity contribution >= 4 is 21.9 Å². The van der Waals surface area contributed by atoms with Gasteiger partial charge in [-0.25, -0.2) is 4.79 Å². The van der Waals surface area contributed by atoms with Gasteiger partial charge in [0.1, 0.15) is 0 Å². The van der Waals surface area contributed by atoms with Crippen molar-refractivity contribution in [2.45, 2.75) is 13.5 Å². The fourth-order valence-corrected chi connectivity index (χ4v) is 1.68. The SMILES string of the molecule is Cc1noc(COC(=O)c2ccccc2Br)n1. The molecular weight excluding hydrogens is 288 g/mol. The fourth-order valence-electron chi connectivity index (χ4n) is 1.23. The average Bonchev–Trinajstić information content (AvgIpc) is 2.73. The summed E-state index contributed by atoms with van der Waals surface area (Å²) in [6, 6.07) is 7.03. The standard InChI is InChI=1S/C11H9BrN2O3/c1-7-13-10(17-14-7)6-16-11(15)8-4-2-3-5-9(8)12/h2-5H,6H2,1H3. The van der Waals surface area contributed by atoms with Gasteiger partial charge in [-0.1, -0.05) is 17.3 Å². The number of carbonyl (C=O) groups is 1. The Balaban J connectivity index is 2.01. The van der Waals surface area contributed by atoms with Crippen molar-refractivity contribution in [1.29, 1.82) is 0 Å². The van der Waals surface area contributed by atoms with Crippen LogP contribution in [0.3, 0.4) is 0 Å². The second-order valence-electron chi connectivity index (χ2n) is 3.29. The molecule has 17 heavy (non-hydrogen) atoms. The number of hydrogen-bond donors (Lipinski definition) is 0. The lowest BCUT2D eigenvalue weighted by molar-refractivity contribution is 0.0428. The van der Waals surface area contributed by atoms with Gasteiger partial charge >= 0.3 is 5.97 Å². The molecule has 0 aliphatic rings. The molecular formula is C11H9BrN2O3. The van der Waals surface area contributed by atoms with Gasteiger partial charge in [0.2, 0.25) is 0 Å². The maximum absolute atomic E-state index is 11.7. The quantitative estimate of drug-likeness (QED) is 0.814. The highest BCUT2D eigenvalue weighted by Gasteiger charge is 2.12. The minimum Gasteiger partial charge on any atom is -0.452 e. The van der Waals surface area contributed by atoms with Crippen molar-refractivity contribution < 1.29 is 14.1 Å². The molecule has 0 saturated carbocycles. The van der Waals surface area contributed by atoms with Crippen LogP contribution in [0.5, 0.6) is 0 Å². The van der Waals surface area contributed by atoms with E-state index in [9.17, 15) is 4.79 Å². The molecule has 0 atom stereocenters. The largest absolute Gasteiger partial charge is 0.452 e. The third-order valence-corrected chi connectivity index (χ3v) is 2.68. The van der Waals surface area contributed by atoms with Crippen LogP contribution in [0.4, 0.5) is 0 Å². The van der Waals surface area contributed by atoms with Crippen molar-refractivity contribution in [2.75, 3.05) is 0 Å². The second-order valence-corrected chi connectivity index (χ2v) is 4.15. The van der Waals surface area contributed by atoms with Gasteiger partial charge in [-0.2, -0.15) is 4.98 Å². The summed E-state index contributed by atoms with van der Waals surface area (Å²) >= 11 is 3.27. The molecule has 1 heterocycles. The first kappa shape index (κ1) is 11.8. The molecule has 2 rings (SSSR count). The van der Waals surface area contributed by atoms with Crippen LogP contribution in [0.25, 0.3) is 0 Å². The van der Waals surface area contributed by atoms with E-state index in [2.05, 4.69) is 26.1 Å². The maximum Gasteiger partial charge on any atom is 0.339 e. The Hall–Kier alpha value is -1.69. The minimum absolute atomic E-state index is 0.0268. The molecule has 6 heteroatoms. The molecule has 0 saturated heterocycles. The highest BCUT2D eigenvalue weighted by molar-refractivity contribution is 9.10. The van der Waals surface area contributed by atoms with Crippen molar-refractivity contribution in [3.8, 4) is 0 Å². The molecule has 88 valence electrons. The summed E-state index contributed by atoms with van der Waals surface area (Å²) in [5, 5.41) is 3.60.